The molecular formula is C17H19BrN4O4S2. The zero-order valence-electron chi connectivity index (χ0n) is 15.2. The molecule has 150 valence electrons. The van der Waals surface area contributed by atoms with Crippen LogP contribution in [0.2, 0.25) is 0 Å². The molecule has 0 aliphatic carbocycles. The van der Waals surface area contributed by atoms with Crippen LogP contribution in [-0.4, -0.2) is 37.8 Å². The number of aromatic nitrogens is 1. The van der Waals surface area contributed by atoms with Crippen LogP contribution < -0.4 is 14.9 Å². The number of rotatable bonds is 6. The summed E-state index contributed by atoms with van der Waals surface area (Å²) in [6.07, 6.45) is 0.570. The van der Waals surface area contributed by atoms with Crippen LogP contribution in [-0.2, 0) is 32.6 Å². The highest BCUT2D eigenvalue weighted by molar-refractivity contribution is 9.10. The van der Waals surface area contributed by atoms with Gasteiger partial charge >= 0.3 is 0 Å². The quantitative estimate of drug-likeness (QED) is 0.646. The Morgan fingerprint density at radius 2 is 2.14 bits per heavy atom. The van der Waals surface area contributed by atoms with Gasteiger partial charge in [-0.1, -0.05) is 15.9 Å². The van der Waals surface area contributed by atoms with Gasteiger partial charge in [0, 0.05) is 23.3 Å². The number of hydrogen-bond donors (Lipinski definition) is 2. The summed E-state index contributed by atoms with van der Waals surface area (Å²) in [6.45, 7) is 3.51. The molecule has 1 aromatic heterocycles. The van der Waals surface area contributed by atoms with E-state index in [-0.39, 0.29) is 17.3 Å². The average molecular weight is 487 g/mol. The van der Waals surface area contributed by atoms with Crippen molar-refractivity contribution in [1.29, 1.82) is 0 Å². The molecule has 1 aromatic carbocycles. The van der Waals surface area contributed by atoms with Crippen molar-refractivity contribution >= 4 is 54.8 Å². The molecule has 1 aliphatic heterocycles. The maximum Gasteiger partial charge on any atom is 0.243 e. The van der Waals surface area contributed by atoms with Crippen LogP contribution in [0.3, 0.4) is 0 Å². The maximum atomic E-state index is 13.0. The number of thiazole rings is 1. The lowest BCUT2D eigenvalue weighted by molar-refractivity contribution is -0.122. The number of carbonyl (C=O) groups is 2. The van der Waals surface area contributed by atoms with Crippen molar-refractivity contribution in [1.82, 2.24) is 15.0 Å². The summed E-state index contributed by atoms with van der Waals surface area (Å²) in [7, 11) is -4.04. The third kappa shape index (κ3) is 4.43. The van der Waals surface area contributed by atoms with Crippen molar-refractivity contribution in [2.75, 3.05) is 11.4 Å². The number of benzene rings is 1. The van der Waals surface area contributed by atoms with Crippen molar-refractivity contribution < 1.29 is 18.0 Å². The molecule has 11 heteroatoms. The Kier molecular flexibility index (Phi) is 6.18. The molecule has 2 heterocycles. The molecule has 8 nitrogen and oxygen atoms in total. The first-order valence-electron chi connectivity index (χ1n) is 8.46. The van der Waals surface area contributed by atoms with Gasteiger partial charge in [-0.15, -0.1) is 11.3 Å². The molecule has 28 heavy (non-hydrogen) atoms. The number of halogens is 1. The number of anilines is 1. The van der Waals surface area contributed by atoms with Gasteiger partial charge in [-0.25, -0.2) is 13.4 Å². The van der Waals surface area contributed by atoms with Gasteiger partial charge in [-0.05, 0) is 31.0 Å². The minimum absolute atomic E-state index is 0.0243. The number of nitrogens with one attached hydrogen (secondary N) is 2. The van der Waals surface area contributed by atoms with Gasteiger partial charge < -0.3 is 10.2 Å². The molecule has 0 spiro atoms. The zero-order chi connectivity index (χ0) is 20.5. The second-order valence-electron chi connectivity index (χ2n) is 6.37. The van der Waals surface area contributed by atoms with Gasteiger partial charge in [-0.3, -0.25) is 9.59 Å². The van der Waals surface area contributed by atoms with E-state index in [4.69, 9.17) is 0 Å². The van der Waals surface area contributed by atoms with Crippen LogP contribution in [0.4, 0.5) is 5.69 Å². The van der Waals surface area contributed by atoms with Crippen molar-refractivity contribution in [3.63, 3.8) is 0 Å². The van der Waals surface area contributed by atoms with Gasteiger partial charge in [0.25, 0.3) is 0 Å². The molecular weight excluding hydrogens is 468 g/mol. The first-order chi connectivity index (χ1) is 13.2. The highest BCUT2D eigenvalue weighted by atomic mass is 79.9. The Bertz CT molecular complexity index is 1010. The van der Waals surface area contributed by atoms with E-state index in [1.54, 1.807) is 17.0 Å². The Morgan fingerprint density at radius 1 is 1.39 bits per heavy atom. The van der Waals surface area contributed by atoms with Crippen LogP contribution in [0.1, 0.15) is 25.1 Å². The minimum atomic E-state index is -4.04. The normalized spacial score (nSPS) is 14.6. The van der Waals surface area contributed by atoms with Crippen molar-refractivity contribution in [3.05, 3.63) is 38.8 Å². The van der Waals surface area contributed by atoms with E-state index in [0.29, 0.717) is 28.8 Å². The van der Waals surface area contributed by atoms with Crippen LogP contribution >= 0.6 is 27.3 Å². The fourth-order valence-corrected chi connectivity index (χ4v) is 5.69. The van der Waals surface area contributed by atoms with E-state index < -0.39 is 22.0 Å². The Balaban J connectivity index is 1.81. The molecule has 2 aromatic rings. The summed E-state index contributed by atoms with van der Waals surface area (Å²) in [5.74, 6) is -0.696. The largest absolute Gasteiger partial charge is 0.349 e. The molecule has 0 unspecified atom stereocenters. The molecule has 0 bridgehead atoms. The lowest BCUT2D eigenvalue weighted by atomic mass is 10.2. The summed E-state index contributed by atoms with van der Waals surface area (Å²) >= 11 is 4.74. The second kappa shape index (κ2) is 8.27. The lowest BCUT2D eigenvalue weighted by Crippen LogP contribution is -2.44. The van der Waals surface area contributed by atoms with E-state index in [9.17, 15) is 18.0 Å². The van der Waals surface area contributed by atoms with Gasteiger partial charge in [0.2, 0.25) is 21.8 Å². The number of carbonyl (C=O) groups excluding carboxylic acids is 2. The molecule has 2 N–H and O–H groups in total. The summed E-state index contributed by atoms with van der Waals surface area (Å²) < 4.78 is 29.0. The molecule has 1 atom stereocenters. The SMILES string of the molecule is CC(=O)N1CCc2cc(Br)cc(S(=O)(=O)N[C@@H](C)C(=O)NCc3cscn3)c21. The van der Waals surface area contributed by atoms with Gasteiger partial charge in [0.15, 0.2) is 0 Å². The number of hydrogen-bond acceptors (Lipinski definition) is 6. The molecule has 0 saturated heterocycles. The van der Waals surface area contributed by atoms with Crippen LogP contribution in [0.15, 0.2) is 32.4 Å². The van der Waals surface area contributed by atoms with Crippen LogP contribution in [0.5, 0.6) is 0 Å². The predicted octanol–water partition coefficient (Wildman–Crippen LogP) is 1.80. The Labute approximate surface area is 175 Å². The van der Waals surface area contributed by atoms with Gasteiger partial charge in [-0.2, -0.15) is 4.72 Å². The summed E-state index contributed by atoms with van der Waals surface area (Å²) in [4.78, 5) is 29.7. The fraction of sp³-hybridized carbons (Fsp3) is 0.353. The van der Waals surface area contributed by atoms with E-state index in [1.807, 2.05) is 0 Å². The van der Waals surface area contributed by atoms with Crippen LogP contribution in [0, 0.1) is 0 Å². The second-order valence-corrected chi connectivity index (χ2v) is 9.69. The molecule has 0 saturated carbocycles. The lowest BCUT2D eigenvalue weighted by Gasteiger charge is -2.21. The summed E-state index contributed by atoms with van der Waals surface area (Å²) in [5, 5.41) is 4.46. The van der Waals surface area contributed by atoms with Gasteiger partial charge in [0.1, 0.15) is 4.90 Å². The summed E-state index contributed by atoms with van der Waals surface area (Å²) in [6, 6.07) is 2.26. The Morgan fingerprint density at radius 3 is 2.79 bits per heavy atom. The highest BCUT2D eigenvalue weighted by Crippen LogP contribution is 2.37. The first-order valence-corrected chi connectivity index (χ1v) is 11.7. The van der Waals surface area contributed by atoms with E-state index >= 15 is 0 Å². The topological polar surface area (TPSA) is 108 Å². The van der Waals surface area contributed by atoms with E-state index in [0.717, 1.165) is 5.56 Å². The number of amides is 2. The number of fused-ring (bicyclic) bond motifs is 1. The average Bonchev–Trinajstić information content (AvgIpc) is 3.27. The smallest absolute Gasteiger partial charge is 0.243 e. The zero-order valence-corrected chi connectivity index (χ0v) is 18.4. The molecule has 0 fully saturated rings. The van der Waals surface area contributed by atoms with Crippen molar-refractivity contribution in [2.24, 2.45) is 0 Å². The number of nitrogens with zero attached hydrogens (tertiary/aromatic N) is 2. The van der Waals surface area contributed by atoms with Gasteiger partial charge in [0.05, 0.1) is 29.5 Å². The fourth-order valence-electron chi connectivity index (χ4n) is 2.99. The van der Waals surface area contributed by atoms with Crippen molar-refractivity contribution in [2.45, 2.75) is 37.8 Å². The molecule has 2 amide bonds. The minimum Gasteiger partial charge on any atom is -0.349 e. The maximum absolute atomic E-state index is 13.0. The number of sulfonamides is 1. The summed E-state index contributed by atoms with van der Waals surface area (Å²) in [5.41, 5.74) is 3.50. The first kappa shape index (κ1) is 20.9. The van der Waals surface area contributed by atoms with Crippen molar-refractivity contribution in [3.8, 4) is 0 Å². The Hall–Kier alpha value is -1.82. The molecule has 0 radical (unpaired) electrons. The molecule has 1 aliphatic rings. The monoisotopic (exact) mass is 486 g/mol. The van der Waals surface area contributed by atoms with Crippen LogP contribution in [0.25, 0.3) is 0 Å². The van der Waals surface area contributed by atoms with E-state index in [2.05, 4.69) is 31.0 Å². The predicted molar refractivity (Wildman–Crippen MR) is 110 cm³/mol. The molecule has 3 rings (SSSR count). The highest BCUT2D eigenvalue weighted by Gasteiger charge is 2.32. The standard InChI is InChI=1S/C17H19BrN4O4S2/c1-10(17(24)19-7-14-8-27-9-20-14)21-28(25,26)15-6-13(18)5-12-3-4-22(11(2)23)16(12)15/h5-6,8-10,21H,3-4,7H2,1-2H3,(H,19,24)/t10-/m0/s1. The third-order valence-corrected chi connectivity index (χ3v) is 6.96. The third-order valence-electron chi connectivity index (χ3n) is 4.32. The van der Waals surface area contributed by atoms with E-state index in [1.165, 1.54) is 36.2 Å².